The molecular weight excluding hydrogens is 524 g/mol. The molecule has 0 saturated heterocycles. The summed E-state index contributed by atoms with van der Waals surface area (Å²) in [6.45, 7) is 4.64. The van der Waals surface area contributed by atoms with E-state index >= 15 is 0 Å². The summed E-state index contributed by atoms with van der Waals surface area (Å²) in [4.78, 5) is 24.0. The largest absolute Gasteiger partial charge is 0.491 e. The van der Waals surface area contributed by atoms with Crippen LogP contribution in [0.2, 0.25) is 0 Å². The van der Waals surface area contributed by atoms with E-state index in [2.05, 4.69) is 74.7 Å². The minimum atomic E-state index is -0.861. The third kappa shape index (κ3) is 7.45. The number of carbonyl (C=O) groups is 2. The van der Waals surface area contributed by atoms with Gasteiger partial charge in [-0.2, -0.15) is 0 Å². The normalized spacial score (nSPS) is 11.2. The van der Waals surface area contributed by atoms with Crippen LogP contribution in [0.5, 0.6) is 5.75 Å². The predicted molar refractivity (Wildman–Crippen MR) is 171 cm³/mol. The van der Waals surface area contributed by atoms with Gasteiger partial charge in [0.15, 0.2) is 0 Å². The zero-order chi connectivity index (χ0) is 30.0. The molecule has 0 spiro atoms. The van der Waals surface area contributed by atoms with Crippen molar-refractivity contribution in [1.82, 2.24) is 4.48 Å². The van der Waals surface area contributed by atoms with Gasteiger partial charge in [0, 0.05) is 48.4 Å². The first-order valence-electron chi connectivity index (χ1n) is 14.8. The Morgan fingerprint density at radius 1 is 0.738 bits per heavy atom. The van der Waals surface area contributed by atoms with Crippen LogP contribution in [0.3, 0.4) is 0 Å². The molecule has 0 radical (unpaired) electrons. The molecular formula is C36H41N2O4+. The molecule has 0 aliphatic carbocycles. The second-order valence-corrected chi connectivity index (χ2v) is 10.7. The summed E-state index contributed by atoms with van der Waals surface area (Å²) in [5.74, 6) is -0.597. The highest BCUT2D eigenvalue weighted by atomic mass is 16.5. The van der Waals surface area contributed by atoms with Gasteiger partial charge in [0.2, 0.25) is 0 Å². The summed E-state index contributed by atoms with van der Waals surface area (Å²) in [6, 6.07) is 32.6. The van der Waals surface area contributed by atoms with E-state index in [0.717, 1.165) is 42.7 Å². The highest BCUT2D eigenvalue weighted by Crippen LogP contribution is 2.42. The van der Waals surface area contributed by atoms with Gasteiger partial charge in [-0.05, 0) is 54.7 Å². The lowest BCUT2D eigenvalue weighted by molar-refractivity contribution is -0.137. The van der Waals surface area contributed by atoms with Crippen molar-refractivity contribution in [2.24, 2.45) is 0 Å². The van der Waals surface area contributed by atoms with E-state index in [1.54, 1.807) is 12.1 Å². The van der Waals surface area contributed by atoms with Crippen LogP contribution in [-0.2, 0) is 17.6 Å². The topological polar surface area (TPSA) is 75.6 Å². The fourth-order valence-corrected chi connectivity index (χ4v) is 5.15. The summed E-state index contributed by atoms with van der Waals surface area (Å²) in [7, 11) is 2.19. The van der Waals surface area contributed by atoms with Crippen molar-refractivity contribution >= 4 is 34.6 Å². The van der Waals surface area contributed by atoms with E-state index in [-0.39, 0.29) is 18.9 Å². The highest BCUT2D eigenvalue weighted by molar-refractivity contribution is 6.05. The number of carbonyl (C=O) groups excluding carboxylic acids is 1. The molecule has 4 aromatic carbocycles. The lowest BCUT2D eigenvalue weighted by Gasteiger charge is -2.33. The van der Waals surface area contributed by atoms with Gasteiger partial charge in [0.1, 0.15) is 22.8 Å². The van der Waals surface area contributed by atoms with Gasteiger partial charge in [0.05, 0.1) is 19.3 Å². The summed E-state index contributed by atoms with van der Waals surface area (Å²) >= 11 is 0. The molecule has 6 heteroatoms. The molecule has 0 atom stereocenters. The summed E-state index contributed by atoms with van der Waals surface area (Å²) in [5, 5.41) is 11.8. The number of benzene rings is 4. The lowest BCUT2D eigenvalue weighted by Crippen LogP contribution is -2.33. The van der Waals surface area contributed by atoms with Crippen molar-refractivity contribution < 1.29 is 19.4 Å². The fourth-order valence-electron chi connectivity index (χ4n) is 5.15. The smallest absolute Gasteiger partial charge is 0.303 e. The Bertz CT molecular complexity index is 1410. The number of rotatable bonds is 14. The molecule has 0 saturated carbocycles. The third-order valence-corrected chi connectivity index (χ3v) is 7.56. The van der Waals surface area contributed by atoms with Gasteiger partial charge >= 0.3 is 5.97 Å². The molecule has 0 unspecified atom stereocenters. The number of carboxylic acid groups (broad SMARTS) is 1. The SMILES string of the molecule is CCCc1ccc([N+](C)(c2ccc(CCC)cc2)c2ccc(C(=O)Nc3ccccc3OCCCC(=O)O)cc2)cc1. The van der Waals surface area contributed by atoms with E-state index in [1.165, 1.54) is 11.1 Å². The quantitative estimate of drug-likeness (QED) is 0.118. The second kappa shape index (κ2) is 14.5. The van der Waals surface area contributed by atoms with Crippen LogP contribution >= 0.6 is 0 Å². The van der Waals surface area contributed by atoms with Gasteiger partial charge in [-0.3, -0.25) is 9.59 Å². The Morgan fingerprint density at radius 2 is 1.24 bits per heavy atom. The number of aryl methyl sites for hydroxylation is 2. The van der Waals surface area contributed by atoms with Crippen LogP contribution in [-0.4, -0.2) is 30.6 Å². The number of quaternary nitrogens is 1. The van der Waals surface area contributed by atoms with E-state index in [9.17, 15) is 9.59 Å². The molecule has 0 heterocycles. The maximum absolute atomic E-state index is 13.2. The van der Waals surface area contributed by atoms with E-state index in [0.29, 0.717) is 27.9 Å². The number of hydrogen-bond donors (Lipinski definition) is 2. The fraction of sp³-hybridized carbons (Fsp3) is 0.278. The zero-order valence-corrected chi connectivity index (χ0v) is 24.8. The Kier molecular flexibility index (Phi) is 10.5. The average molecular weight is 566 g/mol. The molecule has 4 aromatic rings. The average Bonchev–Trinajstić information content (AvgIpc) is 3.01. The molecule has 218 valence electrons. The van der Waals surface area contributed by atoms with Gasteiger partial charge < -0.3 is 15.2 Å². The zero-order valence-electron chi connectivity index (χ0n) is 24.8. The predicted octanol–water partition coefficient (Wildman–Crippen LogP) is 8.69. The van der Waals surface area contributed by atoms with Crippen molar-refractivity contribution in [2.75, 3.05) is 19.0 Å². The number of nitrogens with zero attached hydrogens (tertiary/aromatic N) is 1. The molecule has 0 bridgehead atoms. The Balaban J connectivity index is 1.59. The molecule has 4 rings (SSSR count). The maximum atomic E-state index is 13.2. The van der Waals surface area contributed by atoms with Gasteiger partial charge in [0.25, 0.3) is 5.91 Å². The summed E-state index contributed by atoms with van der Waals surface area (Å²) < 4.78 is 6.22. The number of amides is 1. The lowest BCUT2D eigenvalue weighted by atomic mass is 10.0. The number of hydrogen-bond acceptors (Lipinski definition) is 3. The Morgan fingerprint density at radius 3 is 1.74 bits per heavy atom. The van der Waals surface area contributed by atoms with Crippen molar-refractivity contribution in [1.29, 1.82) is 0 Å². The third-order valence-electron chi connectivity index (χ3n) is 7.56. The van der Waals surface area contributed by atoms with Gasteiger partial charge in [-0.1, -0.05) is 63.1 Å². The molecule has 1 amide bonds. The first-order valence-corrected chi connectivity index (χ1v) is 14.8. The van der Waals surface area contributed by atoms with Crippen molar-refractivity contribution in [3.63, 3.8) is 0 Å². The standard InChI is InChI=1S/C36H40N2O4/c1-4-9-27-14-20-30(21-15-27)38(3,31-22-16-28(10-5-2)17-23-31)32-24-18-29(19-25-32)36(41)37-33-11-6-7-12-34(33)42-26-8-13-35(39)40/h6-7,11-12,14-25H,4-5,8-10,13,26H2,1-3H3,(H-,37,39,40,41)/p+1. The number of anilines is 1. The van der Waals surface area contributed by atoms with Crippen LogP contribution in [0.25, 0.3) is 0 Å². The summed E-state index contributed by atoms with van der Waals surface area (Å²) in [6.07, 6.45) is 4.74. The maximum Gasteiger partial charge on any atom is 0.303 e. The number of carboxylic acids is 1. The highest BCUT2D eigenvalue weighted by Gasteiger charge is 2.31. The molecule has 0 aliphatic rings. The van der Waals surface area contributed by atoms with Crippen molar-refractivity contribution in [3.8, 4) is 5.75 Å². The molecule has 42 heavy (non-hydrogen) atoms. The van der Waals surface area contributed by atoms with E-state index < -0.39 is 5.97 Å². The second-order valence-electron chi connectivity index (χ2n) is 10.7. The van der Waals surface area contributed by atoms with Crippen molar-refractivity contribution in [2.45, 2.75) is 52.4 Å². The minimum absolute atomic E-state index is 0.0318. The number of para-hydroxylation sites is 2. The Labute approximate surface area is 249 Å². The number of nitrogens with one attached hydrogen (secondary N) is 1. The molecule has 2 N–H and O–H groups in total. The molecule has 0 aliphatic heterocycles. The minimum Gasteiger partial charge on any atom is -0.491 e. The molecule has 6 nitrogen and oxygen atoms in total. The first-order chi connectivity index (χ1) is 20.3. The van der Waals surface area contributed by atoms with Crippen LogP contribution in [0, 0.1) is 0 Å². The van der Waals surface area contributed by atoms with Crippen LogP contribution in [0.15, 0.2) is 97.1 Å². The van der Waals surface area contributed by atoms with E-state index in [4.69, 9.17) is 9.84 Å². The van der Waals surface area contributed by atoms with Crippen molar-refractivity contribution in [3.05, 3.63) is 114 Å². The van der Waals surface area contributed by atoms with Crippen LogP contribution in [0.4, 0.5) is 22.7 Å². The van der Waals surface area contributed by atoms with E-state index in [1.807, 2.05) is 36.4 Å². The Hall–Kier alpha value is -4.42. The van der Waals surface area contributed by atoms with Crippen LogP contribution < -0.4 is 14.5 Å². The van der Waals surface area contributed by atoms with Crippen LogP contribution in [0.1, 0.15) is 61.0 Å². The first kappa shape index (κ1) is 30.5. The van der Waals surface area contributed by atoms with Gasteiger partial charge in [-0.15, -0.1) is 0 Å². The summed E-state index contributed by atoms with van der Waals surface area (Å²) in [5.41, 5.74) is 7.05. The molecule has 0 fully saturated rings. The number of aliphatic carboxylic acids is 1. The monoisotopic (exact) mass is 565 g/mol. The van der Waals surface area contributed by atoms with Gasteiger partial charge in [-0.25, -0.2) is 4.48 Å². The number of ether oxygens (including phenoxy) is 1. The molecule has 0 aromatic heterocycles.